The summed E-state index contributed by atoms with van der Waals surface area (Å²) in [6, 6.07) is 7.47. The molecule has 2 rings (SSSR count). The fraction of sp³-hybridized carbons (Fsp3) is 0.250. The maximum Gasteiger partial charge on any atom is 0.291 e. The summed E-state index contributed by atoms with van der Waals surface area (Å²) < 4.78 is 0. The number of aromatic amines is 1. The summed E-state index contributed by atoms with van der Waals surface area (Å²) in [4.78, 5) is 17.6. The topological polar surface area (TPSA) is 61.9 Å². The number of nitrogens with one attached hydrogen (secondary N) is 1. The Labute approximate surface area is 110 Å². The lowest BCUT2D eigenvalue weighted by Gasteiger charge is -2.20. The van der Waals surface area contributed by atoms with Crippen LogP contribution in [0.15, 0.2) is 30.6 Å². The molecule has 0 saturated heterocycles. The van der Waals surface area contributed by atoms with Crippen molar-refractivity contribution in [1.82, 2.24) is 20.1 Å². The Balaban J connectivity index is 2.15. The SMILES string of the molecule is CCN(Cc1ccccc1Cl)C(=O)c1ncn[nH]1. The Kier molecular flexibility index (Phi) is 3.94. The van der Waals surface area contributed by atoms with Crippen molar-refractivity contribution in [3.63, 3.8) is 0 Å². The Hall–Kier alpha value is -1.88. The zero-order chi connectivity index (χ0) is 13.0. The lowest BCUT2D eigenvalue weighted by atomic mass is 10.2. The monoisotopic (exact) mass is 264 g/mol. The van der Waals surface area contributed by atoms with Crippen LogP contribution >= 0.6 is 11.6 Å². The van der Waals surface area contributed by atoms with Gasteiger partial charge < -0.3 is 4.90 Å². The molecule has 1 heterocycles. The van der Waals surface area contributed by atoms with Crippen molar-refractivity contribution < 1.29 is 4.79 Å². The predicted molar refractivity (Wildman–Crippen MR) is 68.2 cm³/mol. The van der Waals surface area contributed by atoms with Crippen LogP contribution in [0.3, 0.4) is 0 Å². The van der Waals surface area contributed by atoms with Crippen molar-refractivity contribution in [2.24, 2.45) is 0 Å². The molecule has 0 fully saturated rings. The summed E-state index contributed by atoms with van der Waals surface area (Å²) in [5.74, 6) is 0.0545. The molecule has 0 spiro atoms. The highest BCUT2D eigenvalue weighted by molar-refractivity contribution is 6.31. The van der Waals surface area contributed by atoms with Gasteiger partial charge >= 0.3 is 0 Å². The van der Waals surface area contributed by atoms with Gasteiger partial charge in [0.1, 0.15) is 6.33 Å². The fourth-order valence-corrected chi connectivity index (χ4v) is 1.81. The number of halogens is 1. The van der Waals surface area contributed by atoms with E-state index in [-0.39, 0.29) is 11.7 Å². The van der Waals surface area contributed by atoms with Gasteiger partial charge in [0.2, 0.25) is 5.82 Å². The lowest BCUT2D eigenvalue weighted by molar-refractivity contribution is 0.0741. The Morgan fingerprint density at radius 1 is 1.44 bits per heavy atom. The molecule has 1 N–H and O–H groups in total. The number of amides is 1. The second-order valence-electron chi connectivity index (χ2n) is 3.74. The molecule has 18 heavy (non-hydrogen) atoms. The van der Waals surface area contributed by atoms with Crippen LogP contribution in [0.2, 0.25) is 5.02 Å². The molecule has 1 amide bonds. The third-order valence-corrected chi connectivity index (χ3v) is 2.97. The smallest absolute Gasteiger partial charge is 0.291 e. The quantitative estimate of drug-likeness (QED) is 0.920. The van der Waals surface area contributed by atoms with E-state index in [1.807, 2.05) is 31.2 Å². The molecule has 2 aromatic rings. The maximum atomic E-state index is 12.1. The van der Waals surface area contributed by atoms with Crippen molar-refractivity contribution in [3.05, 3.63) is 47.0 Å². The molecule has 0 atom stereocenters. The van der Waals surface area contributed by atoms with Crippen LogP contribution in [0.4, 0.5) is 0 Å². The summed E-state index contributed by atoms with van der Waals surface area (Å²) >= 11 is 6.08. The van der Waals surface area contributed by atoms with Gasteiger partial charge in [-0.3, -0.25) is 9.89 Å². The van der Waals surface area contributed by atoms with Gasteiger partial charge in [0, 0.05) is 18.1 Å². The van der Waals surface area contributed by atoms with Crippen molar-refractivity contribution in [3.8, 4) is 0 Å². The minimum absolute atomic E-state index is 0.185. The van der Waals surface area contributed by atoms with E-state index >= 15 is 0 Å². The zero-order valence-corrected chi connectivity index (χ0v) is 10.7. The Bertz CT molecular complexity index is 527. The van der Waals surface area contributed by atoms with Crippen molar-refractivity contribution in [1.29, 1.82) is 0 Å². The first-order valence-electron chi connectivity index (χ1n) is 5.60. The van der Waals surface area contributed by atoms with E-state index in [1.54, 1.807) is 4.90 Å². The molecule has 0 unspecified atom stereocenters. The van der Waals surface area contributed by atoms with E-state index in [4.69, 9.17) is 11.6 Å². The molecule has 94 valence electrons. The summed E-state index contributed by atoms with van der Waals surface area (Å²) in [5, 5.41) is 6.90. The minimum Gasteiger partial charge on any atom is -0.332 e. The van der Waals surface area contributed by atoms with Gasteiger partial charge in [-0.1, -0.05) is 29.8 Å². The summed E-state index contributed by atoms with van der Waals surface area (Å²) in [6.45, 7) is 2.94. The molecule has 0 saturated carbocycles. The number of carbonyl (C=O) groups excluding carboxylic acids is 1. The number of aromatic nitrogens is 3. The molecule has 6 heteroatoms. The van der Waals surface area contributed by atoms with Crippen LogP contribution in [0.25, 0.3) is 0 Å². The zero-order valence-electron chi connectivity index (χ0n) is 9.93. The average Bonchev–Trinajstić information content (AvgIpc) is 2.91. The van der Waals surface area contributed by atoms with Crippen LogP contribution in [0.1, 0.15) is 23.1 Å². The van der Waals surface area contributed by atoms with Crippen molar-refractivity contribution >= 4 is 17.5 Å². The molecule has 0 aliphatic carbocycles. The standard InChI is InChI=1S/C12H13ClN4O/c1-2-17(12(18)11-14-8-15-16-11)7-9-5-3-4-6-10(9)13/h3-6,8H,2,7H2,1H3,(H,14,15,16). The molecule has 1 aromatic heterocycles. The van der Waals surface area contributed by atoms with Gasteiger partial charge in [-0.15, -0.1) is 0 Å². The second-order valence-corrected chi connectivity index (χ2v) is 4.15. The first kappa shape index (κ1) is 12.6. The van der Waals surface area contributed by atoms with E-state index in [0.29, 0.717) is 18.1 Å². The highest BCUT2D eigenvalue weighted by Crippen LogP contribution is 2.17. The number of rotatable bonds is 4. The molecule has 0 radical (unpaired) electrons. The van der Waals surface area contributed by atoms with E-state index in [9.17, 15) is 4.79 Å². The molecular weight excluding hydrogens is 252 g/mol. The predicted octanol–water partition coefficient (Wildman–Crippen LogP) is 2.12. The summed E-state index contributed by atoms with van der Waals surface area (Å²) in [7, 11) is 0. The summed E-state index contributed by atoms with van der Waals surface area (Å²) in [5.41, 5.74) is 0.911. The number of benzene rings is 1. The van der Waals surface area contributed by atoms with Crippen LogP contribution in [0, 0.1) is 0 Å². The van der Waals surface area contributed by atoms with Crippen molar-refractivity contribution in [2.45, 2.75) is 13.5 Å². The average molecular weight is 265 g/mol. The highest BCUT2D eigenvalue weighted by Gasteiger charge is 2.17. The van der Waals surface area contributed by atoms with Gasteiger partial charge in [-0.05, 0) is 18.6 Å². The van der Waals surface area contributed by atoms with Gasteiger partial charge in [-0.25, -0.2) is 4.98 Å². The van der Waals surface area contributed by atoms with Gasteiger partial charge in [0.05, 0.1) is 0 Å². The van der Waals surface area contributed by atoms with E-state index in [2.05, 4.69) is 15.2 Å². The fourth-order valence-electron chi connectivity index (χ4n) is 1.62. The number of hydrogen-bond donors (Lipinski definition) is 1. The highest BCUT2D eigenvalue weighted by atomic mass is 35.5. The largest absolute Gasteiger partial charge is 0.332 e. The maximum absolute atomic E-state index is 12.1. The van der Waals surface area contributed by atoms with Crippen LogP contribution < -0.4 is 0 Å². The van der Waals surface area contributed by atoms with Crippen molar-refractivity contribution in [2.75, 3.05) is 6.54 Å². The van der Waals surface area contributed by atoms with E-state index in [1.165, 1.54) is 6.33 Å². The molecule has 0 bridgehead atoms. The van der Waals surface area contributed by atoms with E-state index < -0.39 is 0 Å². The minimum atomic E-state index is -0.185. The molecule has 5 nitrogen and oxygen atoms in total. The Morgan fingerprint density at radius 2 is 2.22 bits per heavy atom. The molecular formula is C12H13ClN4O. The van der Waals surface area contributed by atoms with Crippen LogP contribution in [0.5, 0.6) is 0 Å². The second kappa shape index (κ2) is 5.64. The molecule has 1 aromatic carbocycles. The third kappa shape index (κ3) is 2.68. The number of carbonyl (C=O) groups is 1. The first-order chi connectivity index (χ1) is 8.72. The first-order valence-corrected chi connectivity index (χ1v) is 5.98. The Morgan fingerprint density at radius 3 is 2.83 bits per heavy atom. The lowest BCUT2D eigenvalue weighted by Crippen LogP contribution is -2.31. The molecule has 0 aliphatic heterocycles. The van der Waals surface area contributed by atoms with Gasteiger partial charge in [0.15, 0.2) is 0 Å². The number of H-pyrrole nitrogens is 1. The van der Waals surface area contributed by atoms with Crippen LogP contribution in [-0.2, 0) is 6.54 Å². The van der Waals surface area contributed by atoms with Gasteiger partial charge in [0.25, 0.3) is 5.91 Å². The third-order valence-electron chi connectivity index (χ3n) is 2.61. The molecule has 0 aliphatic rings. The van der Waals surface area contributed by atoms with Gasteiger partial charge in [-0.2, -0.15) is 5.10 Å². The van der Waals surface area contributed by atoms with E-state index in [0.717, 1.165) is 5.56 Å². The normalized spacial score (nSPS) is 10.3. The number of nitrogens with zero attached hydrogens (tertiary/aromatic N) is 3. The van der Waals surface area contributed by atoms with Crippen LogP contribution in [-0.4, -0.2) is 32.5 Å². The number of hydrogen-bond acceptors (Lipinski definition) is 3. The summed E-state index contributed by atoms with van der Waals surface area (Å²) in [6.07, 6.45) is 1.32.